The zero-order valence-electron chi connectivity index (χ0n) is 11.6. The zero-order valence-corrected chi connectivity index (χ0v) is 11.6. The Bertz CT molecular complexity index is 327. The fraction of sp³-hybridized carbons (Fsp3) is 0.727. The number of rotatable bonds is 2. The van der Waals surface area contributed by atoms with Crippen LogP contribution in [0.25, 0.3) is 0 Å². The molecule has 0 heterocycles. The number of carbonyl (C=O) groups excluding carboxylic acids is 3. The van der Waals surface area contributed by atoms with Crippen LogP contribution < -0.4 is 0 Å². The molecule has 0 aromatic heterocycles. The van der Waals surface area contributed by atoms with Crippen molar-refractivity contribution in [3.63, 3.8) is 0 Å². The van der Waals surface area contributed by atoms with Gasteiger partial charge in [0.2, 0.25) is 5.91 Å². The molecular formula is C11H20N2O5. The van der Waals surface area contributed by atoms with Crippen molar-refractivity contribution < 1.29 is 23.9 Å². The van der Waals surface area contributed by atoms with Crippen molar-refractivity contribution in [2.24, 2.45) is 0 Å². The normalized spacial score (nSPS) is 10.2. The van der Waals surface area contributed by atoms with Gasteiger partial charge in [-0.1, -0.05) is 0 Å². The highest BCUT2D eigenvalue weighted by molar-refractivity contribution is 5.92. The first kappa shape index (κ1) is 16.2. The van der Waals surface area contributed by atoms with Crippen LogP contribution in [0.5, 0.6) is 0 Å². The molecule has 0 atom stereocenters. The molecule has 18 heavy (non-hydrogen) atoms. The standard InChI is InChI=1S/C11H20N2O5/c1-7(2)17-10(15)12(6)13(9(5)14)11(16)18-8(3)4/h7-8H,1-6H3. The molecular weight excluding hydrogens is 240 g/mol. The molecule has 0 bridgehead atoms. The van der Waals surface area contributed by atoms with Crippen molar-refractivity contribution in [2.75, 3.05) is 7.05 Å². The smallest absolute Gasteiger partial charge is 0.436 e. The molecule has 7 nitrogen and oxygen atoms in total. The molecule has 0 aliphatic carbocycles. The van der Waals surface area contributed by atoms with Gasteiger partial charge in [-0.3, -0.25) is 4.79 Å². The summed E-state index contributed by atoms with van der Waals surface area (Å²) in [6.07, 6.45) is -2.47. The Morgan fingerprint density at radius 2 is 1.28 bits per heavy atom. The topological polar surface area (TPSA) is 76.2 Å². The highest BCUT2D eigenvalue weighted by Gasteiger charge is 2.30. The summed E-state index contributed by atoms with van der Waals surface area (Å²) in [5.41, 5.74) is 0. The van der Waals surface area contributed by atoms with Crippen molar-refractivity contribution in [1.82, 2.24) is 10.0 Å². The van der Waals surface area contributed by atoms with Crippen LogP contribution >= 0.6 is 0 Å². The van der Waals surface area contributed by atoms with Gasteiger partial charge in [0.15, 0.2) is 0 Å². The number of hydrazine groups is 1. The molecule has 0 N–H and O–H groups in total. The van der Waals surface area contributed by atoms with Gasteiger partial charge in [-0.2, -0.15) is 0 Å². The number of hydrogen-bond acceptors (Lipinski definition) is 5. The van der Waals surface area contributed by atoms with Crippen molar-refractivity contribution in [3.05, 3.63) is 0 Å². The van der Waals surface area contributed by atoms with Crippen molar-refractivity contribution in [1.29, 1.82) is 0 Å². The molecule has 0 saturated heterocycles. The Labute approximate surface area is 107 Å². The van der Waals surface area contributed by atoms with Crippen LogP contribution in [0, 0.1) is 0 Å². The molecule has 104 valence electrons. The second kappa shape index (κ2) is 6.83. The summed E-state index contributed by atoms with van der Waals surface area (Å²) < 4.78 is 9.75. The van der Waals surface area contributed by atoms with Crippen molar-refractivity contribution in [2.45, 2.75) is 46.8 Å². The fourth-order valence-corrected chi connectivity index (χ4v) is 1.07. The third kappa shape index (κ3) is 5.03. The van der Waals surface area contributed by atoms with E-state index in [2.05, 4.69) is 0 Å². The van der Waals surface area contributed by atoms with Gasteiger partial charge in [-0.25, -0.2) is 14.6 Å². The van der Waals surface area contributed by atoms with Crippen LogP contribution in [0.15, 0.2) is 0 Å². The molecule has 0 aromatic rings. The maximum Gasteiger partial charge on any atom is 0.436 e. The summed E-state index contributed by atoms with van der Waals surface area (Å²) >= 11 is 0. The summed E-state index contributed by atoms with van der Waals surface area (Å²) in [4.78, 5) is 34.6. The van der Waals surface area contributed by atoms with E-state index < -0.39 is 24.2 Å². The van der Waals surface area contributed by atoms with Gasteiger partial charge in [0.25, 0.3) is 0 Å². The summed E-state index contributed by atoms with van der Waals surface area (Å²) in [5, 5.41) is 1.37. The maximum atomic E-state index is 11.7. The van der Waals surface area contributed by atoms with Gasteiger partial charge in [0.1, 0.15) is 0 Å². The van der Waals surface area contributed by atoms with Crippen LogP contribution in [0.1, 0.15) is 34.6 Å². The molecule has 0 aromatic carbocycles. The van der Waals surface area contributed by atoms with Crippen molar-refractivity contribution >= 4 is 18.1 Å². The number of amides is 3. The van der Waals surface area contributed by atoms with Gasteiger partial charge in [0.05, 0.1) is 12.2 Å². The Morgan fingerprint density at radius 3 is 1.61 bits per heavy atom. The molecule has 0 rings (SSSR count). The predicted octanol–water partition coefficient (Wildman–Crippen LogP) is 1.77. The first-order valence-corrected chi connectivity index (χ1v) is 5.62. The van der Waals surface area contributed by atoms with Crippen LogP contribution in [-0.4, -0.2) is 47.4 Å². The van der Waals surface area contributed by atoms with Crippen molar-refractivity contribution in [3.8, 4) is 0 Å². The Kier molecular flexibility index (Phi) is 6.15. The van der Waals surface area contributed by atoms with E-state index in [-0.39, 0.29) is 6.10 Å². The number of imide groups is 1. The van der Waals surface area contributed by atoms with Gasteiger partial charge < -0.3 is 9.47 Å². The predicted molar refractivity (Wildman–Crippen MR) is 63.5 cm³/mol. The quantitative estimate of drug-likeness (QED) is 0.707. The molecule has 0 spiro atoms. The zero-order chi connectivity index (χ0) is 14.5. The lowest BCUT2D eigenvalue weighted by atomic mass is 10.5. The van der Waals surface area contributed by atoms with Crippen LogP contribution in [-0.2, 0) is 14.3 Å². The third-order valence-corrected chi connectivity index (χ3v) is 1.71. The molecule has 0 fully saturated rings. The lowest BCUT2D eigenvalue weighted by Crippen LogP contribution is -2.51. The number of hydrogen-bond donors (Lipinski definition) is 0. The number of carbonyl (C=O) groups is 3. The van der Waals surface area contributed by atoms with E-state index in [4.69, 9.17) is 9.47 Å². The van der Waals surface area contributed by atoms with E-state index in [1.807, 2.05) is 0 Å². The average molecular weight is 260 g/mol. The second-order valence-corrected chi connectivity index (χ2v) is 4.22. The molecule has 0 radical (unpaired) electrons. The average Bonchev–Trinajstić information content (AvgIpc) is 2.14. The van der Waals surface area contributed by atoms with E-state index in [9.17, 15) is 14.4 Å². The Hall–Kier alpha value is -1.79. The van der Waals surface area contributed by atoms with Gasteiger partial charge in [-0.15, -0.1) is 5.01 Å². The monoisotopic (exact) mass is 260 g/mol. The fourth-order valence-electron chi connectivity index (χ4n) is 1.07. The Balaban J connectivity index is 4.84. The third-order valence-electron chi connectivity index (χ3n) is 1.71. The maximum absolute atomic E-state index is 11.7. The second-order valence-electron chi connectivity index (χ2n) is 4.22. The molecule has 3 amide bonds. The van der Waals surface area contributed by atoms with E-state index >= 15 is 0 Å². The highest BCUT2D eigenvalue weighted by Crippen LogP contribution is 2.06. The van der Waals surface area contributed by atoms with Crippen LogP contribution in [0.4, 0.5) is 9.59 Å². The summed E-state index contributed by atoms with van der Waals surface area (Å²) in [7, 11) is 1.26. The first-order chi connectivity index (χ1) is 8.16. The largest absolute Gasteiger partial charge is 0.445 e. The van der Waals surface area contributed by atoms with Crippen LogP contribution in [0.3, 0.4) is 0 Å². The van der Waals surface area contributed by atoms with E-state index in [0.29, 0.717) is 5.01 Å². The minimum atomic E-state index is -0.916. The summed E-state index contributed by atoms with van der Waals surface area (Å²) in [6, 6.07) is 0. The van der Waals surface area contributed by atoms with Gasteiger partial charge in [-0.05, 0) is 27.7 Å². The van der Waals surface area contributed by atoms with E-state index in [1.165, 1.54) is 7.05 Å². The lowest BCUT2D eigenvalue weighted by molar-refractivity contribution is -0.139. The number of ether oxygens (including phenoxy) is 2. The van der Waals surface area contributed by atoms with Gasteiger partial charge in [0, 0.05) is 14.0 Å². The van der Waals surface area contributed by atoms with Gasteiger partial charge >= 0.3 is 12.2 Å². The molecule has 0 unspecified atom stereocenters. The summed E-state index contributed by atoms with van der Waals surface area (Å²) in [5.74, 6) is -0.635. The van der Waals surface area contributed by atoms with E-state index in [1.54, 1.807) is 27.7 Å². The molecule has 7 heteroatoms. The minimum Gasteiger partial charge on any atom is -0.445 e. The minimum absolute atomic E-state index is 0.352. The lowest BCUT2D eigenvalue weighted by Gasteiger charge is -2.28. The Morgan fingerprint density at radius 1 is 0.889 bits per heavy atom. The van der Waals surface area contributed by atoms with E-state index in [0.717, 1.165) is 11.9 Å². The first-order valence-electron chi connectivity index (χ1n) is 5.62. The molecule has 0 saturated carbocycles. The summed E-state index contributed by atoms with van der Waals surface area (Å²) in [6.45, 7) is 7.76. The molecule has 0 aliphatic rings. The molecule has 0 aliphatic heterocycles. The van der Waals surface area contributed by atoms with Crippen LogP contribution in [0.2, 0.25) is 0 Å². The number of nitrogens with zero attached hydrogens (tertiary/aromatic N) is 2. The highest BCUT2D eigenvalue weighted by atomic mass is 16.6. The SMILES string of the molecule is CC(=O)N(C(=O)OC(C)C)N(C)C(=O)OC(C)C.